The van der Waals surface area contributed by atoms with Gasteiger partial charge in [-0.1, -0.05) is 42.0 Å². The number of aromatic amines is 1. The Kier molecular flexibility index (Phi) is 3.93. The van der Waals surface area contributed by atoms with E-state index in [-0.39, 0.29) is 5.56 Å². The number of anilines is 1. The van der Waals surface area contributed by atoms with Crippen molar-refractivity contribution in [2.24, 2.45) is 0 Å². The van der Waals surface area contributed by atoms with Crippen LogP contribution in [0.2, 0.25) is 0 Å². The first-order valence-corrected chi connectivity index (χ1v) is 7.24. The predicted molar refractivity (Wildman–Crippen MR) is 87.9 cm³/mol. The van der Waals surface area contributed by atoms with Gasteiger partial charge in [-0.3, -0.25) is 9.89 Å². The highest BCUT2D eigenvalue weighted by atomic mass is 19.1. The normalized spacial score (nSPS) is 10.6. The zero-order chi connectivity index (χ0) is 16.4. The van der Waals surface area contributed by atoms with Crippen LogP contribution >= 0.6 is 0 Å². The summed E-state index contributed by atoms with van der Waals surface area (Å²) in [7, 11) is 0. The number of halogens is 1. The van der Waals surface area contributed by atoms with Gasteiger partial charge in [0.2, 0.25) is 0 Å². The smallest absolute Gasteiger partial charge is 0.259 e. The van der Waals surface area contributed by atoms with E-state index in [2.05, 4.69) is 15.5 Å². The lowest BCUT2D eigenvalue weighted by Gasteiger charge is -2.07. The fraction of sp³-hybridized carbons (Fsp3) is 0.111. The second-order valence-electron chi connectivity index (χ2n) is 5.37. The van der Waals surface area contributed by atoms with Crippen LogP contribution in [0.3, 0.4) is 0 Å². The summed E-state index contributed by atoms with van der Waals surface area (Å²) >= 11 is 0. The van der Waals surface area contributed by atoms with Crippen molar-refractivity contribution in [3.8, 4) is 11.1 Å². The van der Waals surface area contributed by atoms with Crippen LogP contribution in [0.4, 0.5) is 10.2 Å². The summed E-state index contributed by atoms with van der Waals surface area (Å²) < 4.78 is 13.7. The van der Waals surface area contributed by atoms with Crippen LogP contribution < -0.4 is 5.32 Å². The van der Waals surface area contributed by atoms with Crippen LogP contribution in [0.15, 0.2) is 48.5 Å². The van der Waals surface area contributed by atoms with Gasteiger partial charge in [-0.05, 0) is 31.5 Å². The summed E-state index contributed by atoms with van der Waals surface area (Å²) in [6, 6.07) is 13.8. The third kappa shape index (κ3) is 2.99. The predicted octanol–water partition coefficient (Wildman–Crippen LogP) is 4.08. The number of amides is 1. The number of hydrogen-bond donors (Lipinski definition) is 2. The number of nitrogens with one attached hydrogen (secondary N) is 2. The minimum absolute atomic E-state index is 0.0111. The molecule has 0 radical (unpaired) electrons. The van der Waals surface area contributed by atoms with Gasteiger partial charge in [-0.25, -0.2) is 4.39 Å². The van der Waals surface area contributed by atoms with Gasteiger partial charge in [-0.2, -0.15) is 5.10 Å². The van der Waals surface area contributed by atoms with Crippen LogP contribution in [-0.2, 0) is 0 Å². The fourth-order valence-corrected chi connectivity index (χ4v) is 2.41. The lowest BCUT2D eigenvalue weighted by Crippen LogP contribution is -2.14. The van der Waals surface area contributed by atoms with Gasteiger partial charge >= 0.3 is 0 Å². The van der Waals surface area contributed by atoms with Crippen molar-refractivity contribution in [1.82, 2.24) is 10.2 Å². The van der Waals surface area contributed by atoms with Gasteiger partial charge in [0, 0.05) is 11.3 Å². The van der Waals surface area contributed by atoms with E-state index in [9.17, 15) is 9.18 Å². The maximum atomic E-state index is 13.7. The summed E-state index contributed by atoms with van der Waals surface area (Å²) in [6.07, 6.45) is 0. The molecule has 0 fully saturated rings. The molecule has 1 heterocycles. The van der Waals surface area contributed by atoms with Gasteiger partial charge in [0.05, 0.1) is 5.56 Å². The molecule has 1 amide bonds. The Labute approximate surface area is 133 Å². The van der Waals surface area contributed by atoms with E-state index in [0.717, 1.165) is 22.4 Å². The SMILES string of the molecule is Cc1ccc(-c2c(NC(=O)c3ccccc3F)n[nH]c2C)cc1. The van der Waals surface area contributed by atoms with E-state index in [0.29, 0.717) is 5.82 Å². The molecule has 0 aliphatic rings. The van der Waals surface area contributed by atoms with E-state index >= 15 is 0 Å². The summed E-state index contributed by atoms with van der Waals surface area (Å²) in [4.78, 5) is 12.3. The van der Waals surface area contributed by atoms with Crippen LogP contribution in [0.25, 0.3) is 11.1 Å². The summed E-state index contributed by atoms with van der Waals surface area (Å²) in [6.45, 7) is 3.88. The Hall–Kier alpha value is -2.95. The van der Waals surface area contributed by atoms with E-state index in [4.69, 9.17) is 0 Å². The maximum absolute atomic E-state index is 13.7. The highest BCUT2D eigenvalue weighted by Gasteiger charge is 2.17. The van der Waals surface area contributed by atoms with Crippen molar-refractivity contribution in [2.75, 3.05) is 5.32 Å². The number of hydrogen-bond acceptors (Lipinski definition) is 2. The van der Waals surface area contributed by atoms with Crippen molar-refractivity contribution in [3.05, 3.63) is 71.2 Å². The number of H-pyrrole nitrogens is 1. The minimum Gasteiger partial charge on any atom is -0.304 e. The average Bonchev–Trinajstić information content (AvgIpc) is 2.89. The fourth-order valence-electron chi connectivity index (χ4n) is 2.41. The Morgan fingerprint density at radius 2 is 1.78 bits per heavy atom. The van der Waals surface area contributed by atoms with Crippen LogP contribution in [0.1, 0.15) is 21.6 Å². The molecule has 23 heavy (non-hydrogen) atoms. The van der Waals surface area contributed by atoms with Crippen molar-refractivity contribution >= 4 is 11.7 Å². The van der Waals surface area contributed by atoms with Gasteiger partial charge in [0.1, 0.15) is 5.82 Å². The molecule has 4 nitrogen and oxygen atoms in total. The molecule has 0 saturated carbocycles. The van der Waals surface area contributed by atoms with E-state index < -0.39 is 11.7 Å². The Bertz CT molecular complexity index is 853. The number of carbonyl (C=O) groups excluding carboxylic acids is 1. The largest absolute Gasteiger partial charge is 0.304 e. The molecule has 0 bridgehead atoms. The molecule has 5 heteroatoms. The first kappa shape index (κ1) is 15.0. The van der Waals surface area contributed by atoms with Crippen molar-refractivity contribution in [2.45, 2.75) is 13.8 Å². The summed E-state index contributed by atoms with van der Waals surface area (Å²) in [5.41, 5.74) is 3.70. The first-order chi connectivity index (χ1) is 11.1. The summed E-state index contributed by atoms with van der Waals surface area (Å²) in [5, 5.41) is 9.67. The molecule has 0 atom stereocenters. The molecule has 2 aromatic carbocycles. The standard InChI is InChI=1S/C18H16FN3O/c1-11-7-9-13(10-8-11)16-12(2)21-22-17(16)20-18(23)14-5-3-4-6-15(14)19/h3-10H,1-2H3,(H2,20,21,22,23). The van der Waals surface area contributed by atoms with Gasteiger partial charge in [0.25, 0.3) is 5.91 Å². The molecular weight excluding hydrogens is 293 g/mol. The van der Waals surface area contributed by atoms with E-state index in [1.165, 1.54) is 12.1 Å². The minimum atomic E-state index is -0.561. The van der Waals surface area contributed by atoms with Gasteiger partial charge < -0.3 is 5.32 Å². The molecule has 116 valence electrons. The Morgan fingerprint density at radius 1 is 1.09 bits per heavy atom. The second-order valence-corrected chi connectivity index (χ2v) is 5.37. The Balaban J connectivity index is 1.94. The molecule has 0 unspecified atom stereocenters. The summed E-state index contributed by atoms with van der Waals surface area (Å²) in [5.74, 6) is -0.697. The molecule has 0 saturated heterocycles. The van der Waals surface area contributed by atoms with Crippen LogP contribution in [0.5, 0.6) is 0 Å². The van der Waals surface area contributed by atoms with Gasteiger partial charge in [-0.15, -0.1) is 0 Å². The lowest BCUT2D eigenvalue weighted by atomic mass is 10.0. The zero-order valence-corrected chi connectivity index (χ0v) is 12.9. The second kappa shape index (κ2) is 6.04. The maximum Gasteiger partial charge on any atom is 0.259 e. The first-order valence-electron chi connectivity index (χ1n) is 7.24. The molecule has 1 aromatic heterocycles. The number of aryl methyl sites for hydroxylation is 2. The quantitative estimate of drug-likeness (QED) is 0.765. The highest BCUT2D eigenvalue weighted by Crippen LogP contribution is 2.30. The molecule has 3 rings (SSSR count). The van der Waals surface area contributed by atoms with E-state index in [1.54, 1.807) is 12.1 Å². The number of benzene rings is 2. The molecule has 3 aromatic rings. The number of nitrogens with zero attached hydrogens (tertiary/aromatic N) is 1. The third-order valence-corrected chi connectivity index (χ3v) is 3.64. The molecule has 2 N–H and O–H groups in total. The Morgan fingerprint density at radius 3 is 2.48 bits per heavy atom. The number of carbonyl (C=O) groups is 1. The van der Waals surface area contributed by atoms with Crippen molar-refractivity contribution in [3.63, 3.8) is 0 Å². The zero-order valence-electron chi connectivity index (χ0n) is 12.9. The average molecular weight is 309 g/mol. The van der Waals surface area contributed by atoms with Crippen molar-refractivity contribution in [1.29, 1.82) is 0 Å². The monoisotopic (exact) mass is 309 g/mol. The third-order valence-electron chi connectivity index (χ3n) is 3.64. The number of rotatable bonds is 3. The van der Waals surface area contributed by atoms with Crippen LogP contribution in [-0.4, -0.2) is 16.1 Å². The number of aromatic nitrogens is 2. The van der Waals surface area contributed by atoms with Crippen molar-refractivity contribution < 1.29 is 9.18 Å². The van der Waals surface area contributed by atoms with Crippen LogP contribution in [0, 0.1) is 19.7 Å². The highest BCUT2D eigenvalue weighted by molar-refractivity contribution is 6.05. The molecular formula is C18H16FN3O. The molecule has 0 aliphatic carbocycles. The van der Waals surface area contributed by atoms with Gasteiger partial charge in [0.15, 0.2) is 5.82 Å². The van der Waals surface area contributed by atoms with E-state index in [1.807, 2.05) is 38.1 Å². The lowest BCUT2D eigenvalue weighted by molar-refractivity contribution is 0.102. The topological polar surface area (TPSA) is 57.8 Å². The molecule has 0 spiro atoms. The molecule has 0 aliphatic heterocycles.